The quantitative estimate of drug-likeness (QED) is 0.0870. The van der Waals surface area contributed by atoms with Crippen molar-refractivity contribution in [2.45, 2.75) is 29.6 Å². The number of ether oxygens (including phenoxy) is 1. The minimum absolute atomic E-state index is 0.0958. The SMILES string of the molecule is CC(=O)Nc1ccc(OC(=O)c2ccccc2O)cc1.CN1CCC(=C2c3ccccc3Sc3ccccc32)CC1.O=C(O)C=CC(=O)O. The van der Waals surface area contributed by atoms with E-state index < -0.39 is 17.9 Å². The van der Waals surface area contributed by atoms with E-state index in [2.05, 4.69) is 65.8 Å². The van der Waals surface area contributed by atoms with Crippen molar-refractivity contribution in [3.05, 3.63) is 131 Å². The van der Waals surface area contributed by atoms with E-state index in [1.807, 2.05) is 11.8 Å². The lowest BCUT2D eigenvalue weighted by molar-refractivity contribution is -0.134. The second-order valence-corrected chi connectivity index (χ2v) is 12.1. The molecule has 4 N–H and O–H groups in total. The van der Waals surface area contributed by atoms with Crippen LogP contribution < -0.4 is 10.1 Å². The van der Waals surface area contributed by atoms with Crippen LogP contribution >= 0.6 is 11.8 Å². The predicted molar refractivity (Wildman–Crippen MR) is 188 cm³/mol. The molecule has 1 saturated heterocycles. The number of amides is 1. The molecule has 0 aliphatic carbocycles. The van der Waals surface area contributed by atoms with Gasteiger partial charge < -0.3 is 30.3 Å². The van der Waals surface area contributed by atoms with Gasteiger partial charge in [-0.1, -0.05) is 65.9 Å². The Labute approximate surface area is 288 Å². The standard InChI is InChI=1S/C19H19NS.C15H13NO4.C4H4O4/c1-20-12-10-14(11-13-20)19-15-6-2-4-8-17(15)21-18-9-5-3-7-16(18)19;1-10(17)16-11-6-8-12(9-7-11)20-15(19)13-4-2-3-5-14(13)18;5-3(6)1-2-4(7)8/h2-9H,10-13H2,1H3;2-9,18H,1H3,(H,16,17);1-2H,(H,5,6)(H,7,8). The minimum atomic E-state index is -1.26. The first kappa shape index (κ1) is 36.2. The topological polar surface area (TPSA) is 153 Å². The van der Waals surface area contributed by atoms with Gasteiger partial charge in [0.05, 0.1) is 0 Å². The Morgan fingerprint density at radius 3 is 1.78 bits per heavy atom. The van der Waals surface area contributed by atoms with E-state index in [0.29, 0.717) is 23.6 Å². The molecule has 1 fully saturated rings. The van der Waals surface area contributed by atoms with Gasteiger partial charge in [-0.05, 0) is 85.1 Å². The average molecular weight is 681 g/mol. The number of esters is 1. The number of phenolic OH excluding ortho intramolecular Hbond substituents is 1. The van der Waals surface area contributed by atoms with Gasteiger partial charge >= 0.3 is 17.9 Å². The van der Waals surface area contributed by atoms with Crippen LogP contribution in [0.5, 0.6) is 11.5 Å². The fourth-order valence-corrected chi connectivity index (χ4v) is 6.16. The summed E-state index contributed by atoms with van der Waals surface area (Å²) in [6.45, 7) is 3.76. The van der Waals surface area contributed by atoms with E-state index in [-0.39, 0.29) is 17.2 Å². The number of aromatic hydroxyl groups is 1. The number of rotatable bonds is 5. The summed E-state index contributed by atoms with van der Waals surface area (Å²) < 4.78 is 5.13. The van der Waals surface area contributed by atoms with Crippen molar-refractivity contribution in [3.63, 3.8) is 0 Å². The van der Waals surface area contributed by atoms with Crippen molar-refractivity contribution in [2.75, 3.05) is 25.5 Å². The summed E-state index contributed by atoms with van der Waals surface area (Å²) in [6.07, 6.45) is 3.50. The zero-order valence-corrected chi connectivity index (χ0v) is 27.8. The number of hydrogen-bond donors (Lipinski definition) is 4. The van der Waals surface area contributed by atoms with Crippen LogP contribution in [0.1, 0.15) is 41.3 Å². The number of hydrogen-bond acceptors (Lipinski definition) is 8. The number of carbonyl (C=O) groups excluding carboxylic acids is 2. The minimum Gasteiger partial charge on any atom is -0.507 e. The number of para-hydroxylation sites is 1. The molecular weight excluding hydrogens is 644 g/mol. The molecule has 1 amide bonds. The Morgan fingerprint density at radius 2 is 1.27 bits per heavy atom. The number of carbonyl (C=O) groups is 4. The average Bonchev–Trinajstić information content (AvgIpc) is 3.08. The summed E-state index contributed by atoms with van der Waals surface area (Å²) in [5, 5.41) is 27.8. The molecule has 0 bridgehead atoms. The number of anilines is 1. The van der Waals surface area contributed by atoms with Gasteiger partial charge in [0.25, 0.3) is 0 Å². The van der Waals surface area contributed by atoms with Crippen LogP contribution in [0.25, 0.3) is 5.57 Å². The molecule has 6 rings (SSSR count). The Kier molecular flexibility index (Phi) is 12.9. The van der Waals surface area contributed by atoms with E-state index in [0.717, 1.165) is 0 Å². The number of fused-ring (bicyclic) bond motifs is 2. The predicted octanol–water partition coefficient (Wildman–Crippen LogP) is 6.96. The van der Waals surface area contributed by atoms with Gasteiger partial charge in [-0.25, -0.2) is 14.4 Å². The van der Waals surface area contributed by atoms with Crippen LogP contribution in [0.3, 0.4) is 0 Å². The van der Waals surface area contributed by atoms with Gasteiger partial charge in [0.2, 0.25) is 5.91 Å². The molecule has 2 heterocycles. The lowest BCUT2D eigenvalue weighted by atomic mass is 9.88. The summed E-state index contributed by atoms with van der Waals surface area (Å²) >= 11 is 1.91. The lowest BCUT2D eigenvalue weighted by Crippen LogP contribution is -2.27. The highest BCUT2D eigenvalue weighted by molar-refractivity contribution is 7.99. The molecule has 4 aromatic rings. The third kappa shape index (κ3) is 10.7. The van der Waals surface area contributed by atoms with Crippen molar-refractivity contribution in [1.29, 1.82) is 0 Å². The first-order valence-corrected chi connectivity index (χ1v) is 16.1. The molecule has 252 valence electrons. The van der Waals surface area contributed by atoms with E-state index in [1.54, 1.807) is 42.0 Å². The zero-order chi connectivity index (χ0) is 35.3. The maximum atomic E-state index is 11.8. The molecule has 0 radical (unpaired) electrons. The number of phenols is 1. The van der Waals surface area contributed by atoms with Gasteiger partial charge in [0, 0.05) is 47.6 Å². The molecule has 0 spiro atoms. The van der Waals surface area contributed by atoms with Crippen LogP contribution in [-0.4, -0.2) is 64.2 Å². The van der Waals surface area contributed by atoms with E-state index >= 15 is 0 Å². The van der Waals surface area contributed by atoms with Gasteiger partial charge in [-0.3, -0.25) is 4.79 Å². The maximum absolute atomic E-state index is 11.8. The zero-order valence-electron chi connectivity index (χ0n) is 27.0. The second-order valence-electron chi connectivity index (χ2n) is 11.0. The first-order valence-electron chi connectivity index (χ1n) is 15.3. The van der Waals surface area contributed by atoms with Gasteiger partial charge in [0.15, 0.2) is 0 Å². The number of carboxylic acids is 2. The number of piperidine rings is 1. The molecule has 11 heteroatoms. The van der Waals surface area contributed by atoms with Crippen molar-refractivity contribution < 1.29 is 39.2 Å². The molecule has 0 saturated carbocycles. The molecule has 49 heavy (non-hydrogen) atoms. The molecule has 10 nitrogen and oxygen atoms in total. The molecule has 0 atom stereocenters. The largest absolute Gasteiger partial charge is 0.507 e. The highest BCUT2D eigenvalue weighted by atomic mass is 32.2. The highest BCUT2D eigenvalue weighted by Crippen LogP contribution is 2.47. The van der Waals surface area contributed by atoms with Crippen LogP contribution in [-0.2, 0) is 14.4 Å². The summed E-state index contributed by atoms with van der Waals surface area (Å²) in [5.74, 6) is -3.14. The number of aliphatic carboxylic acids is 2. The Hall–Kier alpha value is -5.65. The molecule has 0 aromatic heterocycles. The Balaban J connectivity index is 0.000000182. The van der Waals surface area contributed by atoms with Crippen molar-refractivity contribution >= 4 is 46.8 Å². The molecular formula is C38H36N2O8S. The summed E-state index contributed by atoms with van der Waals surface area (Å²) in [4.78, 5) is 47.1. The number of carboxylic acid groups (broad SMARTS) is 2. The molecule has 0 unspecified atom stereocenters. The van der Waals surface area contributed by atoms with Crippen molar-refractivity contribution in [3.8, 4) is 11.5 Å². The van der Waals surface area contributed by atoms with Gasteiger partial charge in [0.1, 0.15) is 17.1 Å². The summed E-state index contributed by atoms with van der Waals surface area (Å²) in [6, 6.07) is 30.2. The number of nitrogens with one attached hydrogen (secondary N) is 1. The van der Waals surface area contributed by atoms with E-state index in [4.69, 9.17) is 14.9 Å². The smallest absolute Gasteiger partial charge is 0.347 e. The Morgan fingerprint density at radius 1 is 0.755 bits per heavy atom. The lowest BCUT2D eigenvalue weighted by Gasteiger charge is -2.30. The fourth-order valence-electron chi connectivity index (χ4n) is 5.07. The highest BCUT2D eigenvalue weighted by Gasteiger charge is 2.24. The second kappa shape index (κ2) is 17.5. The Bertz CT molecular complexity index is 1810. The van der Waals surface area contributed by atoms with E-state index in [9.17, 15) is 24.3 Å². The summed E-state index contributed by atoms with van der Waals surface area (Å²) in [5.41, 5.74) is 6.71. The summed E-state index contributed by atoms with van der Waals surface area (Å²) in [7, 11) is 2.22. The van der Waals surface area contributed by atoms with Crippen LogP contribution in [0.4, 0.5) is 5.69 Å². The third-order valence-corrected chi connectivity index (χ3v) is 8.51. The molecule has 4 aromatic carbocycles. The van der Waals surface area contributed by atoms with Crippen molar-refractivity contribution in [1.82, 2.24) is 4.90 Å². The van der Waals surface area contributed by atoms with Crippen molar-refractivity contribution in [2.24, 2.45) is 0 Å². The van der Waals surface area contributed by atoms with Crippen LogP contribution in [0.2, 0.25) is 0 Å². The monoisotopic (exact) mass is 680 g/mol. The van der Waals surface area contributed by atoms with E-state index in [1.165, 1.54) is 71.5 Å². The van der Waals surface area contributed by atoms with Crippen LogP contribution in [0.15, 0.2) is 125 Å². The van der Waals surface area contributed by atoms with Crippen LogP contribution in [0, 0.1) is 0 Å². The normalized spacial score (nSPS) is 13.4. The number of nitrogens with zero attached hydrogens (tertiary/aromatic N) is 1. The molecule has 2 aliphatic rings. The molecule has 2 aliphatic heterocycles. The fraction of sp³-hybridized carbons (Fsp3) is 0.158. The first-order chi connectivity index (χ1) is 23.5. The van der Waals surface area contributed by atoms with Gasteiger partial charge in [-0.2, -0.15) is 0 Å². The van der Waals surface area contributed by atoms with Gasteiger partial charge in [-0.15, -0.1) is 0 Å². The third-order valence-electron chi connectivity index (χ3n) is 7.35. The number of likely N-dealkylation sites (tertiary alicyclic amines) is 1. The maximum Gasteiger partial charge on any atom is 0.347 e. The number of benzene rings is 4.